The Morgan fingerprint density at radius 2 is 1.50 bits per heavy atom. The van der Waals surface area contributed by atoms with Crippen LogP contribution in [0.3, 0.4) is 0 Å². The molecule has 0 spiro atoms. The lowest BCUT2D eigenvalue weighted by Gasteiger charge is -2.08. The maximum Gasteiger partial charge on any atom is 0.333 e. The van der Waals surface area contributed by atoms with Gasteiger partial charge in [0.05, 0.1) is 36.5 Å². The van der Waals surface area contributed by atoms with E-state index in [0.29, 0.717) is 5.56 Å². The van der Waals surface area contributed by atoms with Crippen LogP contribution in [0.4, 0.5) is 0 Å². The van der Waals surface area contributed by atoms with Crippen LogP contribution in [0, 0.1) is 11.3 Å². The zero-order valence-corrected chi connectivity index (χ0v) is 17.6. The van der Waals surface area contributed by atoms with Gasteiger partial charge < -0.3 is 4.74 Å². The first-order valence-electron chi connectivity index (χ1n) is 10.2. The molecule has 1 aromatic heterocycles. The van der Waals surface area contributed by atoms with E-state index in [2.05, 4.69) is 6.07 Å². The number of imidazole rings is 1. The van der Waals surface area contributed by atoms with E-state index in [1.807, 2.05) is 66.7 Å². The molecule has 32 heavy (non-hydrogen) atoms. The lowest BCUT2D eigenvalue weighted by atomic mass is 10.0. The minimum absolute atomic E-state index is 0.117. The fourth-order valence-corrected chi connectivity index (χ4v) is 3.57. The van der Waals surface area contributed by atoms with Crippen molar-refractivity contribution in [1.29, 1.82) is 5.26 Å². The predicted molar refractivity (Wildman–Crippen MR) is 122 cm³/mol. The molecule has 0 saturated carbocycles. The van der Waals surface area contributed by atoms with Crippen LogP contribution in [0.25, 0.3) is 28.1 Å². The van der Waals surface area contributed by atoms with Crippen molar-refractivity contribution in [2.24, 2.45) is 0 Å². The van der Waals surface area contributed by atoms with E-state index in [4.69, 9.17) is 10.00 Å². The molecule has 0 aliphatic heterocycles. The van der Waals surface area contributed by atoms with Crippen LogP contribution >= 0.6 is 0 Å². The molecule has 3 aromatic carbocycles. The summed E-state index contributed by atoms with van der Waals surface area (Å²) in [6, 6.07) is 26.8. The molecule has 0 unspecified atom stereocenters. The Balaban J connectivity index is 1.73. The van der Waals surface area contributed by atoms with Crippen LogP contribution in [0.1, 0.15) is 12.0 Å². The van der Waals surface area contributed by atoms with Crippen molar-refractivity contribution in [2.75, 3.05) is 7.11 Å². The molecule has 0 radical (unpaired) electrons. The SMILES string of the molecule is COC(=O)CCn1cc(-c2ccc(-c3ccc(C#N)cc3)cc2)n(-c2ccccc2)c1=O. The van der Waals surface area contributed by atoms with Crippen LogP contribution in [0.15, 0.2) is 89.9 Å². The fraction of sp³-hybridized carbons (Fsp3) is 0.115. The quantitative estimate of drug-likeness (QED) is 0.431. The molecule has 0 fully saturated rings. The topological polar surface area (TPSA) is 77.0 Å². The number of ether oxygens (including phenoxy) is 1. The number of hydrogen-bond acceptors (Lipinski definition) is 4. The zero-order chi connectivity index (χ0) is 22.5. The van der Waals surface area contributed by atoms with E-state index < -0.39 is 0 Å². The first-order valence-corrected chi connectivity index (χ1v) is 10.2. The summed E-state index contributed by atoms with van der Waals surface area (Å²) in [6.07, 6.45) is 1.89. The van der Waals surface area contributed by atoms with Gasteiger partial charge in [0.15, 0.2) is 0 Å². The number of nitriles is 1. The summed E-state index contributed by atoms with van der Waals surface area (Å²) >= 11 is 0. The highest BCUT2D eigenvalue weighted by molar-refractivity contribution is 5.70. The molecule has 0 saturated heterocycles. The first kappa shape index (κ1) is 20.9. The molecule has 6 heteroatoms. The molecule has 0 aliphatic carbocycles. The standard InChI is InChI=1S/C26H21N3O3/c1-32-25(30)15-16-28-18-24(29(26(28)31)23-5-3-2-4-6-23)22-13-11-21(12-14-22)20-9-7-19(17-27)8-10-20/h2-14,18H,15-16H2,1H3. The van der Waals surface area contributed by atoms with Crippen LogP contribution in [0.5, 0.6) is 0 Å². The van der Waals surface area contributed by atoms with Gasteiger partial charge in [-0.2, -0.15) is 5.26 Å². The van der Waals surface area contributed by atoms with Crippen LogP contribution < -0.4 is 5.69 Å². The molecule has 6 nitrogen and oxygen atoms in total. The molecule has 0 bridgehead atoms. The maximum absolute atomic E-state index is 13.2. The number of para-hydroxylation sites is 1. The molecule has 4 rings (SSSR count). The minimum atomic E-state index is -0.363. The van der Waals surface area contributed by atoms with Crippen molar-refractivity contribution in [3.63, 3.8) is 0 Å². The molecular formula is C26H21N3O3. The monoisotopic (exact) mass is 423 g/mol. The number of aromatic nitrogens is 2. The second kappa shape index (κ2) is 9.19. The number of methoxy groups -OCH3 is 1. The Labute approximate surface area is 185 Å². The minimum Gasteiger partial charge on any atom is -0.469 e. The molecule has 0 atom stereocenters. The summed E-state index contributed by atoms with van der Waals surface area (Å²) in [5.74, 6) is -0.363. The summed E-state index contributed by atoms with van der Waals surface area (Å²) in [7, 11) is 1.33. The van der Waals surface area contributed by atoms with E-state index in [-0.39, 0.29) is 24.6 Å². The van der Waals surface area contributed by atoms with E-state index >= 15 is 0 Å². The van der Waals surface area contributed by atoms with Gasteiger partial charge >= 0.3 is 11.7 Å². The van der Waals surface area contributed by atoms with Gasteiger partial charge in [0.2, 0.25) is 0 Å². The molecule has 4 aromatic rings. The number of esters is 1. The second-order valence-electron chi connectivity index (χ2n) is 7.25. The Hall–Kier alpha value is -4.37. The van der Waals surface area contributed by atoms with Gasteiger partial charge in [-0.25, -0.2) is 4.79 Å². The summed E-state index contributed by atoms with van der Waals surface area (Å²) in [5.41, 5.74) is 4.78. The van der Waals surface area contributed by atoms with Gasteiger partial charge in [0.1, 0.15) is 0 Å². The third-order valence-electron chi connectivity index (χ3n) is 5.28. The Morgan fingerprint density at radius 1 is 0.906 bits per heavy atom. The van der Waals surface area contributed by atoms with Crippen LogP contribution in [-0.2, 0) is 16.1 Å². The fourth-order valence-electron chi connectivity index (χ4n) is 3.57. The van der Waals surface area contributed by atoms with E-state index in [1.54, 1.807) is 22.9 Å². The molecule has 0 amide bonds. The van der Waals surface area contributed by atoms with Gasteiger partial charge in [-0.05, 0) is 35.4 Å². The molecule has 0 aliphatic rings. The van der Waals surface area contributed by atoms with Crippen molar-refractivity contribution in [1.82, 2.24) is 9.13 Å². The van der Waals surface area contributed by atoms with Crippen LogP contribution in [-0.4, -0.2) is 22.2 Å². The number of aryl methyl sites for hydroxylation is 1. The number of benzene rings is 3. The van der Waals surface area contributed by atoms with E-state index in [1.165, 1.54) is 11.7 Å². The van der Waals surface area contributed by atoms with Crippen LogP contribution in [0.2, 0.25) is 0 Å². The van der Waals surface area contributed by atoms with Crippen molar-refractivity contribution < 1.29 is 9.53 Å². The predicted octanol–water partition coefficient (Wildman–Crippen LogP) is 4.41. The Morgan fingerprint density at radius 3 is 2.09 bits per heavy atom. The highest BCUT2D eigenvalue weighted by atomic mass is 16.5. The lowest BCUT2D eigenvalue weighted by molar-refractivity contribution is -0.140. The van der Waals surface area contributed by atoms with E-state index in [9.17, 15) is 9.59 Å². The molecular weight excluding hydrogens is 402 g/mol. The highest BCUT2D eigenvalue weighted by Crippen LogP contribution is 2.26. The first-order chi connectivity index (χ1) is 15.6. The van der Waals surface area contributed by atoms with Gasteiger partial charge in [0.25, 0.3) is 0 Å². The van der Waals surface area contributed by atoms with Crippen molar-refractivity contribution in [3.05, 3.63) is 101 Å². The van der Waals surface area contributed by atoms with Gasteiger partial charge in [-0.15, -0.1) is 0 Å². The third kappa shape index (κ3) is 4.23. The average Bonchev–Trinajstić information content (AvgIpc) is 3.19. The smallest absolute Gasteiger partial charge is 0.333 e. The van der Waals surface area contributed by atoms with Gasteiger partial charge in [-0.3, -0.25) is 13.9 Å². The molecule has 1 heterocycles. The average molecular weight is 423 g/mol. The molecule has 158 valence electrons. The Bertz CT molecular complexity index is 1330. The van der Waals surface area contributed by atoms with Crippen molar-refractivity contribution in [2.45, 2.75) is 13.0 Å². The number of nitrogens with zero attached hydrogens (tertiary/aromatic N) is 3. The van der Waals surface area contributed by atoms with Gasteiger partial charge in [0, 0.05) is 18.3 Å². The van der Waals surface area contributed by atoms with Crippen molar-refractivity contribution in [3.8, 4) is 34.1 Å². The van der Waals surface area contributed by atoms with Gasteiger partial charge in [-0.1, -0.05) is 54.6 Å². The molecule has 0 N–H and O–H groups in total. The zero-order valence-electron chi connectivity index (χ0n) is 17.6. The normalized spacial score (nSPS) is 10.5. The number of carbonyl (C=O) groups is 1. The van der Waals surface area contributed by atoms with E-state index in [0.717, 1.165) is 28.1 Å². The number of rotatable bonds is 6. The largest absolute Gasteiger partial charge is 0.469 e. The number of carbonyl (C=O) groups excluding carboxylic acids is 1. The second-order valence-corrected chi connectivity index (χ2v) is 7.25. The van der Waals surface area contributed by atoms with Crippen molar-refractivity contribution >= 4 is 5.97 Å². The highest BCUT2D eigenvalue weighted by Gasteiger charge is 2.15. The third-order valence-corrected chi connectivity index (χ3v) is 5.28. The number of hydrogen-bond donors (Lipinski definition) is 0. The summed E-state index contributed by atoms with van der Waals surface area (Å²) in [6.45, 7) is 0.238. The maximum atomic E-state index is 13.2. The lowest BCUT2D eigenvalue weighted by Crippen LogP contribution is -2.24. The Kier molecular flexibility index (Phi) is 6.00. The summed E-state index contributed by atoms with van der Waals surface area (Å²) < 4.78 is 7.89. The summed E-state index contributed by atoms with van der Waals surface area (Å²) in [5, 5.41) is 8.98. The summed E-state index contributed by atoms with van der Waals surface area (Å²) in [4.78, 5) is 24.7.